The molecule has 23 heavy (non-hydrogen) atoms. The molecular formula is C15H15F3N4O. The van der Waals surface area contributed by atoms with E-state index in [0.717, 1.165) is 24.2 Å². The van der Waals surface area contributed by atoms with Gasteiger partial charge in [-0.25, -0.2) is 9.97 Å². The lowest BCUT2D eigenvalue weighted by atomic mass is 9.95. The van der Waals surface area contributed by atoms with E-state index in [1.54, 1.807) is 12.4 Å². The van der Waals surface area contributed by atoms with Gasteiger partial charge in [0.15, 0.2) is 0 Å². The van der Waals surface area contributed by atoms with Crippen LogP contribution in [-0.2, 0) is 17.3 Å². The molecule has 3 rings (SSSR count). The van der Waals surface area contributed by atoms with Crippen LogP contribution in [0.1, 0.15) is 11.3 Å². The van der Waals surface area contributed by atoms with E-state index in [-0.39, 0.29) is 17.9 Å². The molecule has 2 unspecified atom stereocenters. The lowest BCUT2D eigenvalue weighted by Crippen LogP contribution is -2.30. The third-order valence-corrected chi connectivity index (χ3v) is 3.71. The van der Waals surface area contributed by atoms with E-state index in [1.807, 2.05) is 12.1 Å². The molecule has 0 amide bonds. The summed E-state index contributed by atoms with van der Waals surface area (Å²) in [5, 5.41) is 2.96. The number of nitrogens with one attached hydrogen (secondary N) is 1. The van der Waals surface area contributed by atoms with Crippen molar-refractivity contribution in [2.45, 2.75) is 18.6 Å². The van der Waals surface area contributed by atoms with Gasteiger partial charge in [-0.2, -0.15) is 13.2 Å². The van der Waals surface area contributed by atoms with Gasteiger partial charge in [-0.3, -0.25) is 4.98 Å². The molecular weight excluding hydrogens is 309 g/mol. The maximum atomic E-state index is 12.7. The van der Waals surface area contributed by atoms with Crippen molar-refractivity contribution in [2.24, 2.45) is 5.92 Å². The number of aromatic nitrogens is 3. The molecule has 2 atom stereocenters. The zero-order valence-electron chi connectivity index (χ0n) is 12.1. The number of pyridine rings is 1. The summed E-state index contributed by atoms with van der Waals surface area (Å²) in [5.74, 6) is 0.102. The molecule has 0 aromatic carbocycles. The number of nitrogens with zero attached hydrogens (tertiary/aromatic N) is 3. The maximum absolute atomic E-state index is 12.7. The van der Waals surface area contributed by atoms with Crippen molar-refractivity contribution >= 4 is 5.95 Å². The highest BCUT2D eigenvalue weighted by molar-refractivity contribution is 5.29. The Bertz CT molecular complexity index is 651. The van der Waals surface area contributed by atoms with Crippen LogP contribution in [0.4, 0.5) is 19.1 Å². The van der Waals surface area contributed by atoms with Gasteiger partial charge in [-0.05, 0) is 30.2 Å². The molecule has 8 heteroatoms. The van der Waals surface area contributed by atoms with Crippen molar-refractivity contribution in [3.8, 4) is 0 Å². The molecule has 1 saturated heterocycles. The number of anilines is 1. The van der Waals surface area contributed by atoms with Gasteiger partial charge < -0.3 is 10.1 Å². The first-order chi connectivity index (χ1) is 11.0. The van der Waals surface area contributed by atoms with Gasteiger partial charge in [-0.1, -0.05) is 0 Å². The molecule has 1 aliphatic heterocycles. The Morgan fingerprint density at radius 3 is 2.65 bits per heavy atom. The number of alkyl halides is 3. The first-order valence-corrected chi connectivity index (χ1v) is 7.16. The van der Waals surface area contributed by atoms with Gasteiger partial charge in [0.2, 0.25) is 5.95 Å². The molecule has 1 N–H and O–H groups in total. The topological polar surface area (TPSA) is 59.9 Å². The van der Waals surface area contributed by atoms with Gasteiger partial charge >= 0.3 is 6.18 Å². The van der Waals surface area contributed by atoms with E-state index in [0.29, 0.717) is 13.2 Å². The van der Waals surface area contributed by atoms with Crippen LogP contribution in [0.25, 0.3) is 0 Å². The van der Waals surface area contributed by atoms with E-state index in [1.165, 1.54) is 0 Å². The summed E-state index contributed by atoms with van der Waals surface area (Å²) in [4.78, 5) is 11.4. The summed E-state index contributed by atoms with van der Waals surface area (Å²) < 4.78 is 43.5. The molecule has 0 aliphatic carbocycles. The number of halogens is 3. The lowest BCUT2D eigenvalue weighted by Gasteiger charge is -2.19. The minimum absolute atomic E-state index is 0.0324. The second kappa shape index (κ2) is 6.49. The average Bonchev–Trinajstić information content (AvgIpc) is 2.95. The zero-order valence-corrected chi connectivity index (χ0v) is 12.1. The van der Waals surface area contributed by atoms with Crippen LogP contribution in [0.3, 0.4) is 0 Å². The van der Waals surface area contributed by atoms with Gasteiger partial charge in [0.25, 0.3) is 0 Å². The predicted octanol–water partition coefficient (Wildman–Crippen LogP) is 2.56. The Morgan fingerprint density at radius 1 is 1.13 bits per heavy atom. The van der Waals surface area contributed by atoms with Crippen LogP contribution in [0.2, 0.25) is 0 Å². The first-order valence-electron chi connectivity index (χ1n) is 7.16. The minimum Gasteiger partial charge on any atom is -0.379 e. The average molecular weight is 324 g/mol. The predicted molar refractivity (Wildman–Crippen MR) is 76.7 cm³/mol. The molecule has 0 radical (unpaired) electrons. The molecule has 0 saturated carbocycles. The van der Waals surface area contributed by atoms with E-state index in [4.69, 9.17) is 4.74 Å². The maximum Gasteiger partial charge on any atom is 0.433 e. The van der Waals surface area contributed by atoms with Crippen LogP contribution >= 0.6 is 0 Å². The molecule has 2 aromatic rings. The fourth-order valence-electron chi connectivity index (χ4n) is 2.53. The quantitative estimate of drug-likeness (QED) is 0.936. The third kappa shape index (κ3) is 3.95. The molecule has 1 aliphatic rings. The van der Waals surface area contributed by atoms with E-state index < -0.39 is 11.9 Å². The molecule has 0 spiro atoms. The van der Waals surface area contributed by atoms with Gasteiger partial charge in [0.1, 0.15) is 5.69 Å². The van der Waals surface area contributed by atoms with E-state index >= 15 is 0 Å². The Labute approximate surface area is 130 Å². The monoisotopic (exact) mass is 324 g/mol. The van der Waals surface area contributed by atoms with Crippen molar-refractivity contribution in [3.05, 3.63) is 48.0 Å². The van der Waals surface area contributed by atoms with Crippen molar-refractivity contribution in [2.75, 3.05) is 18.5 Å². The first kappa shape index (κ1) is 15.7. The lowest BCUT2D eigenvalue weighted by molar-refractivity contribution is -0.141. The fraction of sp³-hybridized carbons (Fsp3) is 0.400. The fourth-order valence-corrected chi connectivity index (χ4v) is 2.53. The smallest absolute Gasteiger partial charge is 0.379 e. The van der Waals surface area contributed by atoms with Crippen LogP contribution in [0.15, 0.2) is 36.8 Å². The second-order valence-electron chi connectivity index (χ2n) is 5.37. The highest BCUT2D eigenvalue weighted by atomic mass is 19.4. The van der Waals surface area contributed by atoms with Crippen LogP contribution in [0, 0.1) is 5.92 Å². The molecule has 3 heterocycles. The van der Waals surface area contributed by atoms with E-state index in [2.05, 4.69) is 20.3 Å². The Kier molecular flexibility index (Phi) is 4.42. The van der Waals surface area contributed by atoms with Crippen molar-refractivity contribution in [3.63, 3.8) is 0 Å². The molecule has 2 aromatic heterocycles. The van der Waals surface area contributed by atoms with Gasteiger partial charge in [0, 0.05) is 24.5 Å². The van der Waals surface area contributed by atoms with Crippen molar-refractivity contribution < 1.29 is 17.9 Å². The summed E-state index contributed by atoms with van der Waals surface area (Å²) in [6.45, 7) is 0.953. The molecule has 5 nitrogen and oxygen atoms in total. The third-order valence-electron chi connectivity index (χ3n) is 3.71. The van der Waals surface area contributed by atoms with Gasteiger partial charge in [0.05, 0.1) is 19.3 Å². The standard InChI is InChI=1S/C15H15F3N4O/c16-15(17,18)13-3-6-20-14(22-13)21-12-9-23-8-11(12)7-10-1-4-19-5-2-10/h1-6,11-12H,7-9H2,(H,20,21,22). The van der Waals surface area contributed by atoms with Crippen LogP contribution in [-0.4, -0.2) is 34.2 Å². The minimum atomic E-state index is -4.48. The second-order valence-corrected chi connectivity index (χ2v) is 5.37. The summed E-state index contributed by atoms with van der Waals surface area (Å²) >= 11 is 0. The number of ether oxygens (including phenoxy) is 1. The highest BCUT2D eigenvalue weighted by Crippen LogP contribution is 2.28. The summed E-state index contributed by atoms with van der Waals surface area (Å²) in [6.07, 6.45) is 0.792. The number of hydrogen-bond acceptors (Lipinski definition) is 5. The van der Waals surface area contributed by atoms with Crippen LogP contribution < -0.4 is 5.32 Å². The van der Waals surface area contributed by atoms with Crippen molar-refractivity contribution in [1.29, 1.82) is 0 Å². The summed E-state index contributed by atoms with van der Waals surface area (Å²) in [5.41, 5.74) is 0.145. The molecule has 122 valence electrons. The number of rotatable bonds is 4. The number of hydrogen-bond donors (Lipinski definition) is 1. The normalized spacial score (nSPS) is 21.3. The SMILES string of the molecule is FC(F)(F)c1ccnc(NC2COCC2Cc2ccncc2)n1. The van der Waals surface area contributed by atoms with Gasteiger partial charge in [-0.15, -0.1) is 0 Å². The summed E-state index contributed by atoms with van der Waals surface area (Å²) in [7, 11) is 0. The zero-order chi connectivity index (χ0) is 16.3. The Balaban J connectivity index is 1.69. The molecule has 0 bridgehead atoms. The largest absolute Gasteiger partial charge is 0.433 e. The Hall–Kier alpha value is -2.22. The highest BCUT2D eigenvalue weighted by Gasteiger charge is 2.34. The summed E-state index contributed by atoms with van der Waals surface area (Å²) in [6, 6.07) is 4.54. The molecule has 1 fully saturated rings. The van der Waals surface area contributed by atoms with Crippen LogP contribution in [0.5, 0.6) is 0 Å². The van der Waals surface area contributed by atoms with Crippen molar-refractivity contribution in [1.82, 2.24) is 15.0 Å². The Morgan fingerprint density at radius 2 is 1.91 bits per heavy atom. The van der Waals surface area contributed by atoms with E-state index in [9.17, 15) is 13.2 Å².